The minimum atomic E-state index is -4.49. The van der Waals surface area contributed by atoms with E-state index in [-0.39, 0.29) is 16.9 Å². The van der Waals surface area contributed by atoms with Crippen molar-refractivity contribution in [1.82, 2.24) is 9.78 Å². The van der Waals surface area contributed by atoms with Gasteiger partial charge >= 0.3 is 6.18 Å². The van der Waals surface area contributed by atoms with Crippen LogP contribution in [0.1, 0.15) is 35.8 Å². The summed E-state index contributed by atoms with van der Waals surface area (Å²) in [5.74, 6) is -0.681. The Morgan fingerprint density at radius 2 is 2.00 bits per heavy atom. The normalized spacial score (nSPS) is 11.3. The number of hydrogen-bond donors (Lipinski definition) is 1. The molecule has 1 aromatic heterocycles. The first-order valence-electron chi connectivity index (χ1n) is 7.38. The molecule has 0 atom stereocenters. The van der Waals surface area contributed by atoms with Crippen molar-refractivity contribution in [2.45, 2.75) is 32.5 Å². The van der Waals surface area contributed by atoms with E-state index < -0.39 is 17.6 Å². The molecule has 0 aliphatic carbocycles. The van der Waals surface area contributed by atoms with Gasteiger partial charge in [-0.1, -0.05) is 19.4 Å². The van der Waals surface area contributed by atoms with E-state index in [2.05, 4.69) is 10.4 Å². The van der Waals surface area contributed by atoms with Gasteiger partial charge < -0.3 is 5.32 Å². The molecule has 0 fully saturated rings. The molecule has 0 bridgehead atoms. The zero-order valence-electron chi connectivity index (χ0n) is 12.9. The van der Waals surface area contributed by atoms with Crippen molar-refractivity contribution < 1.29 is 18.0 Å². The van der Waals surface area contributed by atoms with E-state index in [1.54, 1.807) is 0 Å². The van der Waals surface area contributed by atoms with Crippen LogP contribution in [0.2, 0.25) is 0 Å². The summed E-state index contributed by atoms with van der Waals surface area (Å²) in [7, 11) is 0. The molecule has 2 rings (SSSR count). The van der Waals surface area contributed by atoms with Gasteiger partial charge in [-0.25, -0.2) is 4.68 Å². The van der Waals surface area contributed by atoms with Crippen LogP contribution in [0.5, 0.6) is 0 Å². The smallest absolute Gasteiger partial charge is 0.321 e. The molecule has 0 saturated heterocycles. The molecule has 1 aromatic carbocycles. The molecule has 1 amide bonds. The monoisotopic (exact) mass is 339 g/mol. The Morgan fingerprint density at radius 1 is 1.25 bits per heavy atom. The number of unbranched alkanes of at least 4 members (excludes halogenated alkanes) is 1. The van der Waals surface area contributed by atoms with Gasteiger partial charge in [0.15, 0.2) is 0 Å². The van der Waals surface area contributed by atoms with Crippen molar-refractivity contribution >= 4 is 11.6 Å². The van der Waals surface area contributed by atoms with Crippen LogP contribution < -0.4 is 10.9 Å². The zero-order valence-corrected chi connectivity index (χ0v) is 12.9. The SMILES string of the molecule is CCCCn1nc(C(=O)Nc2cccc(C(F)(F)F)c2)ccc1=O. The number of nitrogens with one attached hydrogen (secondary N) is 1. The molecule has 0 saturated carbocycles. The Balaban J connectivity index is 2.20. The van der Waals surface area contributed by atoms with Crippen LogP contribution >= 0.6 is 0 Å². The number of carbonyl (C=O) groups excluding carboxylic acids is 1. The second-order valence-electron chi connectivity index (χ2n) is 5.17. The molecule has 2 aromatic rings. The van der Waals surface area contributed by atoms with Crippen LogP contribution in [-0.2, 0) is 12.7 Å². The number of halogens is 3. The van der Waals surface area contributed by atoms with E-state index in [1.807, 2.05) is 6.92 Å². The maximum Gasteiger partial charge on any atom is 0.416 e. The van der Waals surface area contributed by atoms with E-state index in [0.717, 1.165) is 25.0 Å². The molecule has 0 unspecified atom stereocenters. The first-order valence-corrected chi connectivity index (χ1v) is 7.38. The second-order valence-corrected chi connectivity index (χ2v) is 5.17. The van der Waals surface area contributed by atoms with Gasteiger partial charge in [0.1, 0.15) is 5.69 Å². The topological polar surface area (TPSA) is 64.0 Å². The van der Waals surface area contributed by atoms with Crippen LogP contribution in [0.25, 0.3) is 0 Å². The summed E-state index contributed by atoms with van der Waals surface area (Å²) in [5, 5.41) is 6.30. The van der Waals surface area contributed by atoms with Gasteiger partial charge in [0.05, 0.1) is 5.56 Å². The Hall–Kier alpha value is -2.64. The predicted octanol–water partition coefficient (Wildman–Crippen LogP) is 3.31. The van der Waals surface area contributed by atoms with Crippen LogP contribution in [0.4, 0.5) is 18.9 Å². The van der Waals surface area contributed by atoms with Gasteiger partial charge in [0.25, 0.3) is 11.5 Å². The molecule has 0 aliphatic heterocycles. The highest BCUT2D eigenvalue weighted by atomic mass is 19.4. The number of amides is 1. The standard InChI is InChI=1S/C16H16F3N3O2/c1-2-3-9-22-14(23)8-7-13(21-22)15(24)20-12-6-4-5-11(10-12)16(17,18)19/h4-8,10H,2-3,9H2,1H3,(H,20,24). The Morgan fingerprint density at radius 3 is 2.67 bits per heavy atom. The minimum absolute atomic E-state index is 0.00272. The molecular weight excluding hydrogens is 323 g/mol. The van der Waals surface area contributed by atoms with Gasteiger partial charge in [-0.05, 0) is 30.7 Å². The number of aryl methyl sites for hydroxylation is 1. The number of alkyl halides is 3. The van der Waals surface area contributed by atoms with Crippen molar-refractivity contribution in [3.05, 3.63) is 58.0 Å². The number of anilines is 1. The summed E-state index contributed by atoms with van der Waals surface area (Å²) in [6.45, 7) is 2.33. The Labute approximate surface area is 136 Å². The quantitative estimate of drug-likeness (QED) is 0.909. The lowest BCUT2D eigenvalue weighted by Crippen LogP contribution is -2.26. The van der Waals surface area contributed by atoms with Crippen LogP contribution in [0, 0.1) is 0 Å². The van der Waals surface area contributed by atoms with Gasteiger partial charge in [0.2, 0.25) is 0 Å². The van der Waals surface area contributed by atoms with Crippen molar-refractivity contribution in [3.63, 3.8) is 0 Å². The second kappa shape index (κ2) is 7.29. The highest BCUT2D eigenvalue weighted by Crippen LogP contribution is 2.30. The van der Waals surface area contributed by atoms with Crippen molar-refractivity contribution in [2.24, 2.45) is 0 Å². The van der Waals surface area contributed by atoms with Crippen molar-refractivity contribution in [2.75, 3.05) is 5.32 Å². The van der Waals surface area contributed by atoms with Gasteiger partial charge in [-0.3, -0.25) is 9.59 Å². The molecule has 128 valence electrons. The predicted molar refractivity (Wildman–Crippen MR) is 82.8 cm³/mol. The zero-order chi connectivity index (χ0) is 17.7. The summed E-state index contributed by atoms with van der Waals surface area (Å²) < 4.78 is 39.2. The van der Waals surface area contributed by atoms with E-state index in [1.165, 1.54) is 28.9 Å². The molecule has 0 radical (unpaired) electrons. The van der Waals surface area contributed by atoms with Crippen LogP contribution in [0.15, 0.2) is 41.2 Å². The number of carbonyl (C=O) groups is 1. The molecular formula is C16H16F3N3O2. The first kappa shape index (κ1) is 17.7. The number of nitrogens with zero attached hydrogens (tertiary/aromatic N) is 2. The summed E-state index contributed by atoms with van der Waals surface area (Å²) in [6, 6.07) is 6.76. The van der Waals surface area contributed by atoms with Gasteiger partial charge in [-0.2, -0.15) is 18.3 Å². The summed E-state index contributed by atoms with van der Waals surface area (Å²) in [4.78, 5) is 23.8. The molecule has 5 nitrogen and oxygen atoms in total. The highest BCUT2D eigenvalue weighted by molar-refractivity contribution is 6.02. The maximum absolute atomic E-state index is 12.7. The van der Waals surface area contributed by atoms with E-state index >= 15 is 0 Å². The molecule has 24 heavy (non-hydrogen) atoms. The third-order valence-corrected chi connectivity index (χ3v) is 3.27. The lowest BCUT2D eigenvalue weighted by atomic mass is 10.2. The Bertz CT molecular complexity index is 785. The fraction of sp³-hybridized carbons (Fsp3) is 0.312. The molecule has 0 spiro atoms. The van der Waals surface area contributed by atoms with E-state index in [4.69, 9.17) is 0 Å². The van der Waals surface area contributed by atoms with Crippen LogP contribution in [0.3, 0.4) is 0 Å². The number of aromatic nitrogens is 2. The third kappa shape index (κ3) is 4.43. The number of rotatable bonds is 5. The van der Waals surface area contributed by atoms with Gasteiger partial charge in [0, 0.05) is 18.3 Å². The number of benzene rings is 1. The van der Waals surface area contributed by atoms with Gasteiger partial charge in [-0.15, -0.1) is 0 Å². The first-order chi connectivity index (χ1) is 11.3. The van der Waals surface area contributed by atoms with Crippen LogP contribution in [-0.4, -0.2) is 15.7 Å². The Kier molecular flexibility index (Phi) is 5.38. The molecule has 8 heteroatoms. The lowest BCUT2D eigenvalue weighted by molar-refractivity contribution is -0.137. The largest absolute Gasteiger partial charge is 0.416 e. The highest BCUT2D eigenvalue weighted by Gasteiger charge is 2.30. The fourth-order valence-corrected chi connectivity index (χ4v) is 2.01. The average molecular weight is 339 g/mol. The summed E-state index contributed by atoms with van der Waals surface area (Å²) >= 11 is 0. The molecule has 0 aliphatic rings. The lowest BCUT2D eigenvalue weighted by Gasteiger charge is -2.10. The summed E-state index contributed by atoms with van der Waals surface area (Å²) in [6.07, 6.45) is -2.91. The van der Waals surface area contributed by atoms with E-state index in [9.17, 15) is 22.8 Å². The molecule has 1 N–H and O–H groups in total. The number of hydrogen-bond acceptors (Lipinski definition) is 3. The van der Waals surface area contributed by atoms with E-state index in [0.29, 0.717) is 6.54 Å². The third-order valence-electron chi connectivity index (χ3n) is 3.27. The maximum atomic E-state index is 12.7. The van der Waals surface area contributed by atoms with Crippen molar-refractivity contribution in [1.29, 1.82) is 0 Å². The average Bonchev–Trinajstić information content (AvgIpc) is 2.53. The van der Waals surface area contributed by atoms with Crippen molar-refractivity contribution in [3.8, 4) is 0 Å². The molecule has 1 heterocycles. The summed E-state index contributed by atoms with van der Waals surface area (Å²) in [5.41, 5.74) is -1.23. The minimum Gasteiger partial charge on any atom is -0.321 e. The fourth-order valence-electron chi connectivity index (χ4n) is 2.01.